The molecule has 1 fully saturated rings. The Morgan fingerprint density at radius 2 is 2.35 bits per heavy atom. The van der Waals surface area contributed by atoms with Crippen LogP contribution in [0.3, 0.4) is 0 Å². The molecule has 1 N–H and O–H groups in total. The lowest BCUT2D eigenvalue weighted by Crippen LogP contribution is -2.52. The molecule has 0 spiro atoms. The molecule has 1 amide bonds. The first kappa shape index (κ1) is 15.0. The number of carbonyl (C=O) groups excluding carboxylic acids is 1. The van der Waals surface area contributed by atoms with Crippen LogP contribution in [0, 0.1) is 6.92 Å². The molecule has 1 aromatic heterocycles. The molecular formula is C14H23N3O3. The summed E-state index contributed by atoms with van der Waals surface area (Å²) in [6.07, 6.45) is 2.87. The summed E-state index contributed by atoms with van der Waals surface area (Å²) >= 11 is 0. The molecule has 0 saturated carbocycles. The molecule has 0 aromatic carbocycles. The Kier molecular flexibility index (Phi) is 4.77. The Bertz CT molecular complexity index is 472. The molecule has 1 aromatic rings. The zero-order valence-electron chi connectivity index (χ0n) is 12.4. The lowest BCUT2D eigenvalue weighted by Gasteiger charge is -2.37. The highest BCUT2D eigenvalue weighted by atomic mass is 16.5. The van der Waals surface area contributed by atoms with E-state index in [1.54, 1.807) is 4.68 Å². The fraction of sp³-hybridized carbons (Fsp3) is 0.714. The molecule has 20 heavy (non-hydrogen) atoms. The van der Waals surface area contributed by atoms with Crippen molar-refractivity contribution in [2.75, 3.05) is 19.8 Å². The molecule has 112 valence electrons. The maximum absolute atomic E-state index is 12.3. The fourth-order valence-corrected chi connectivity index (χ4v) is 2.55. The molecule has 1 aliphatic rings. The zero-order chi connectivity index (χ0) is 14.7. The summed E-state index contributed by atoms with van der Waals surface area (Å²) < 4.78 is 7.22. The van der Waals surface area contributed by atoms with Gasteiger partial charge in [0, 0.05) is 26.2 Å². The van der Waals surface area contributed by atoms with Crippen LogP contribution in [0.1, 0.15) is 24.6 Å². The maximum atomic E-state index is 12.3. The van der Waals surface area contributed by atoms with Crippen LogP contribution >= 0.6 is 0 Å². The second-order valence-electron chi connectivity index (χ2n) is 5.45. The van der Waals surface area contributed by atoms with E-state index in [0.29, 0.717) is 26.0 Å². The van der Waals surface area contributed by atoms with Gasteiger partial charge in [-0.2, -0.15) is 5.10 Å². The van der Waals surface area contributed by atoms with Crippen LogP contribution in [0.5, 0.6) is 0 Å². The quantitative estimate of drug-likeness (QED) is 0.860. The molecular weight excluding hydrogens is 258 g/mol. The number of ether oxygens (including phenoxy) is 1. The van der Waals surface area contributed by atoms with E-state index in [2.05, 4.69) is 5.10 Å². The average molecular weight is 281 g/mol. The van der Waals surface area contributed by atoms with Gasteiger partial charge in [-0.15, -0.1) is 0 Å². The Balaban J connectivity index is 1.92. The van der Waals surface area contributed by atoms with Gasteiger partial charge in [-0.25, -0.2) is 0 Å². The van der Waals surface area contributed by atoms with Gasteiger partial charge in [-0.3, -0.25) is 9.48 Å². The summed E-state index contributed by atoms with van der Waals surface area (Å²) in [5, 5.41) is 13.4. The summed E-state index contributed by atoms with van der Waals surface area (Å²) in [6, 6.07) is 0.0697. The first-order valence-electron chi connectivity index (χ1n) is 7.02. The number of aryl methyl sites for hydroxylation is 3. The first-order chi connectivity index (χ1) is 9.51. The van der Waals surface area contributed by atoms with Crippen molar-refractivity contribution < 1.29 is 14.6 Å². The van der Waals surface area contributed by atoms with Gasteiger partial charge in [0.1, 0.15) is 0 Å². The molecule has 2 heterocycles. The van der Waals surface area contributed by atoms with Gasteiger partial charge >= 0.3 is 0 Å². The Hall–Kier alpha value is -1.40. The number of aromatic nitrogens is 2. The summed E-state index contributed by atoms with van der Waals surface area (Å²) in [7, 11) is 1.88. The van der Waals surface area contributed by atoms with Gasteiger partial charge in [-0.05, 0) is 25.8 Å². The van der Waals surface area contributed by atoms with E-state index < -0.39 is 0 Å². The highest BCUT2D eigenvalue weighted by Gasteiger charge is 2.28. The van der Waals surface area contributed by atoms with Crippen molar-refractivity contribution in [3.8, 4) is 0 Å². The lowest BCUT2D eigenvalue weighted by molar-refractivity contribution is -0.146. The van der Waals surface area contributed by atoms with Crippen LogP contribution in [0.25, 0.3) is 0 Å². The second-order valence-corrected chi connectivity index (χ2v) is 5.45. The van der Waals surface area contributed by atoms with Crippen molar-refractivity contribution in [3.63, 3.8) is 0 Å². The largest absolute Gasteiger partial charge is 0.394 e. The smallest absolute Gasteiger partial charge is 0.223 e. The van der Waals surface area contributed by atoms with Crippen molar-refractivity contribution in [1.29, 1.82) is 0 Å². The topological polar surface area (TPSA) is 67.6 Å². The minimum absolute atomic E-state index is 0.0434. The van der Waals surface area contributed by atoms with Crippen LogP contribution in [0.15, 0.2) is 6.20 Å². The zero-order valence-corrected chi connectivity index (χ0v) is 12.4. The van der Waals surface area contributed by atoms with E-state index in [-0.39, 0.29) is 24.7 Å². The number of aliphatic hydroxyl groups is 1. The molecule has 0 radical (unpaired) electrons. The number of rotatable bonds is 4. The van der Waals surface area contributed by atoms with Crippen molar-refractivity contribution >= 4 is 5.91 Å². The minimum Gasteiger partial charge on any atom is -0.394 e. The standard InChI is InChI=1S/C14H23N3O3/c1-10-9-20-13(8-18)7-17(10)14(19)5-4-12-6-16(3)15-11(12)2/h6,10,13,18H,4-5,7-9H2,1-3H3. The van der Waals surface area contributed by atoms with E-state index in [4.69, 9.17) is 9.84 Å². The first-order valence-corrected chi connectivity index (χ1v) is 7.02. The predicted octanol–water partition coefficient (Wildman–Crippen LogP) is 0.269. The maximum Gasteiger partial charge on any atom is 0.223 e. The third-order valence-electron chi connectivity index (χ3n) is 3.75. The fourth-order valence-electron chi connectivity index (χ4n) is 2.55. The Labute approximate surface area is 119 Å². The van der Waals surface area contributed by atoms with Crippen molar-refractivity contribution in [2.45, 2.75) is 38.8 Å². The number of amides is 1. The van der Waals surface area contributed by atoms with Crippen LogP contribution < -0.4 is 0 Å². The monoisotopic (exact) mass is 281 g/mol. The predicted molar refractivity (Wildman–Crippen MR) is 74.3 cm³/mol. The summed E-state index contributed by atoms with van der Waals surface area (Å²) in [4.78, 5) is 14.1. The second kappa shape index (κ2) is 6.37. The van der Waals surface area contributed by atoms with Gasteiger partial charge in [0.25, 0.3) is 0 Å². The number of hydrogen-bond donors (Lipinski definition) is 1. The van der Waals surface area contributed by atoms with Crippen molar-refractivity contribution in [2.24, 2.45) is 7.05 Å². The summed E-state index contributed by atoms with van der Waals surface area (Å²) in [5.41, 5.74) is 2.09. The van der Waals surface area contributed by atoms with Crippen LogP contribution in [0.2, 0.25) is 0 Å². The third kappa shape index (κ3) is 3.37. The highest BCUT2D eigenvalue weighted by molar-refractivity contribution is 5.77. The van der Waals surface area contributed by atoms with Crippen molar-refractivity contribution in [1.82, 2.24) is 14.7 Å². The molecule has 2 rings (SSSR count). The summed E-state index contributed by atoms with van der Waals surface area (Å²) in [5.74, 6) is 0.113. The number of carbonyl (C=O) groups is 1. The molecule has 2 unspecified atom stereocenters. The molecule has 0 aliphatic carbocycles. The minimum atomic E-state index is -0.254. The van der Waals surface area contributed by atoms with E-state index in [0.717, 1.165) is 11.3 Å². The number of nitrogens with zero attached hydrogens (tertiary/aromatic N) is 3. The van der Waals surface area contributed by atoms with Gasteiger partial charge in [0.2, 0.25) is 5.91 Å². The number of hydrogen-bond acceptors (Lipinski definition) is 4. The Morgan fingerprint density at radius 3 is 2.95 bits per heavy atom. The van der Waals surface area contributed by atoms with Gasteiger partial charge < -0.3 is 14.7 Å². The molecule has 6 nitrogen and oxygen atoms in total. The molecule has 2 atom stereocenters. The van der Waals surface area contributed by atoms with E-state index in [1.807, 2.05) is 32.0 Å². The lowest BCUT2D eigenvalue weighted by atomic mass is 10.1. The van der Waals surface area contributed by atoms with E-state index in [9.17, 15) is 4.79 Å². The molecule has 6 heteroatoms. The average Bonchev–Trinajstić information content (AvgIpc) is 2.75. The van der Waals surface area contributed by atoms with Crippen molar-refractivity contribution in [3.05, 3.63) is 17.5 Å². The SMILES string of the molecule is Cc1nn(C)cc1CCC(=O)N1CC(CO)OCC1C. The highest BCUT2D eigenvalue weighted by Crippen LogP contribution is 2.15. The van der Waals surface area contributed by atoms with Gasteiger partial charge in [0.15, 0.2) is 0 Å². The van der Waals surface area contributed by atoms with E-state index in [1.165, 1.54) is 0 Å². The number of morpholine rings is 1. The molecule has 1 saturated heterocycles. The molecule has 0 bridgehead atoms. The number of aliphatic hydroxyl groups excluding tert-OH is 1. The molecule has 1 aliphatic heterocycles. The van der Waals surface area contributed by atoms with E-state index >= 15 is 0 Å². The van der Waals surface area contributed by atoms with Crippen LogP contribution in [-0.4, -0.2) is 57.6 Å². The summed E-state index contributed by atoms with van der Waals surface area (Å²) in [6.45, 7) is 4.85. The van der Waals surface area contributed by atoms with Gasteiger partial charge in [-0.1, -0.05) is 0 Å². The third-order valence-corrected chi connectivity index (χ3v) is 3.75. The van der Waals surface area contributed by atoms with Crippen LogP contribution in [-0.2, 0) is 23.0 Å². The Morgan fingerprint density at radius 1 is 1.60 bits per heavy atom. The van der Waals surface area contributed by atoms with Gasteiger partial charge in [0.05, 0.1) is 31.1 Å². The van der Waals surface area contributed by atoms with Crippen LogP contribution in [0.4, 0.5) is 0 Å². The normalized spacial score (nSPS) is 23.1.